The molecule has 1 aromatic carbocycles. The monoisotopic (exact) mass is 263 g/mol. The van der Waals surface area contributed by atoms with E-state index in [-0.39, 0.29) is 53.8 Å². The first kappa shape index (κ1) is 16.9. The average Bonchev–Trinajstić information content (AvgIpc) is 2.26. The van der Waals surface area contributed by atoms with Gasteiger partial charge in [-0.25, -0.2) is 4.39 Å². The molecule has 0 aliphatic rings. The minimum Gasteiger partial charge on any atom is -0.550 e. The number of ether oxygens (including phenoxy) is 1. The molecule has 0 fully saturated rings. The molecule has 0 saturated heterocycles. The molecular formula is C11H11FNNaO4. The molecule has 0 radical (unpaired) electrons. The van der Waals surface area contributed by atoms with Crippen LogP contribution >= 0.6 is 0 Å². The maximum absolute atomic E-state index is 13.2. The number of benzene rings is 1. The van der Waals surface area contributed by atoms with E-state index >= 15 is 0 Å². The Hall–Kier alpha value is -1.11. The van der Waals surface area contributed by atoms with Crippen LogP contribution in [0.25, 0.3) is 0 Å². The molecule has 1 aromatic rings. The maximum atomic E-state index is 13.2. The van der Waals surface area contributed by atoms with Crippen molar-refractivity contribution in [1.29, 1.82) is 0 Å². The number of amides is 1. The Kier molecular flexibility index (Phi) is 7.58. The molecule has 0 bridgehead atoms. The second-order valence-electron chi connectivity index (χ2n) is 3.27. The topological polar surface area (TPSA) is 78.5 Å². The molecule has 7 heteroatoms. The van der Waals surface area contributed by atoms with Crippen LogP contribution in [0, 0.1) is 5.82 Å². The normalized spacial score (nSPS) is 9.22. The van der Waals surface area contributed by atoms with Crippen LogP contribution in [0.15, 0.2) is 18.2 Å². The summed E-state index contributed by atoms with van der Waals surface area (Å²) in [5, 5.41) is 12.5. The van der Waals surface area contributed by atoms with Gasteiger partial charge in [0.05, 0.1) is 7.11 Å². The van der Waals surface area contributed by atoms with E-state index in [4.69, 9.17) is 4.74 Å². The van der Waals surface area contributed by atoms with E-state index in [1.54, 1.807) is 0 Å². The summed E-state index contributed by atoms with van der Waals surface area (Å²) in [6.45, 7) is 0. The van der Waals surface area contributed by atoms with Gasteiger partial charge in [0.2, 0.25) is 5.91 Å². The number of hydrogen-bond acceptors (Lipinski definition) is 4. The molecule has 0 aliphatic carbocycles. The number of methoxy groups -OCH3 is 1. The number of nitrogens with one attached hydrogen (secondary N) is 1. The van der Waals surface area contributed by atoms with Gasteiger partial charge >= 0.3 is 29.6 Å². The van der Waals surface area contributed by atoms with Crippen molar-refractivity contribution in [3.8, 4) is 5.75 Å². The zero-order valence-electron chi connectivity index (χ0n) is 10.2. The summed E-state index contributed by atoms with van der Waals surface area (Å²) in [5.41, 5.74) is 0.242. The van der Waals surface area contributed by atoms with Crippen molar-refractivity contribution in [2.45, 2.75) is 12.8 Å². The van der Waals surface area contributed by atoms with E-state index < -0.39 is 17.7 Å². The fraction of sp³-hybridized carbons (Fsp3) is 0.273. The Bertz CT molecular complexity index is 439. The summed E-state index contributed by atoms with van der Waals surface area (Å²) in [5.74, 6) is -2.36. The summed E-state index contributed by atoms with van der Waals surface area (Å²) in [6, 6.07) is 3.91. The first-order valence-electron chi connectivity index (χ1n) is 4.86. The summed E-state index contributed by atoms with van der Waals surface area (Å²) in [7, 11) is 1.33. The van der Waals surface area contributed by atoms with Crippen molar-refractivity contribution in [3.05, 3.63) is 24.0 Å². The number of hydrogen-bond donors (Lipinski definition) is 1. The second kappa shape index (κ2) is 8.07. The van der Waals surface area contributed by atoms with E-state index in [2.05, 4.69) is 5.32 Å². The number of aliphatic carboxylic acids is 1. The fourth-order valence-electron chi connectivity index (χ4n) is 1.18. The van der Waals surface area contributed by atoms with E-state index in [9.17, 15) is 19.1 Å². The van der Waals surface area contributed by atoms with Crippen molar-refractivity contribution in [2.75, 3.05) is 12.4 Å². The van der Waals surface area contributed by atoms with Crippen LogP contribution in [0.2, 0.25) is 0 Å². The van der Waals surface area contributed by atoms with Gasteiger partial charge in [0.1, 0.15) is 0 Å². The SMILES string of the molecule is COc1ccc(NC(=O)CCC(=O)[O-])cc1F.[Na+]. The Labute approximate surface area is 126 Å². The third kappa shape index (κ3) is 5.48. The standard InChI is InChI=1S/C11H12FNO4.Na/c1-17-9-3-2-7(6-8(9)12)13-10(14)4-5-11(15)16;/h2-3,6H,4-5H2,1H3,(H,13,14)(H,15,16);/q;+1/p-1. The fourth-order valence-corrected chi connectivity index (χ4v) is 1.18. The van der Waals surface area contributed by atoms with Gasteiger partial charge in [0.15, 0.2) is 11.6 Å². The quantitative estimate of drug-likeness (QED) is 0.587. The van der Waals surface area contributed by atoms with E-state index in [1.807, 2.05) is 0 Å². The van der Waals surface area contributed by atoms with Crippen LogP contribution in [0.4, 0.5) is 10.1 Å². The third-order valence-electron chi connectivity index (χ3n) is 1.99. The molecule has 0 unspecified atom stereocenters. The minimum atomic E-state index is -1.30. The van der Waals surface area contributed by atoms with Gasteiger partial charge in [-0.3, -0.25) is 4.79 Å². The molecular weight excluding hydrogens is 252 g/mol. The third-order valence-corrected chi connectivity index (χ3v) is 1.99. The molecule has 0 aliphatic heterocycles. The van der Waals surface area contributed by atoms with Gasteiger partial charge in [0, 0.05) is 24.1 Å². The van der Waals surface area contributed by atoms with Crippen LogP contribution in [-0.4, -0.2) is 19.0 Å². The number of carbonyl (C=O) groups is 2. The van der Waals surface area contributed by atoms with E-state index in [0.29, 0.717) is 0 Å². The van der Waals surface area contributed by atoms with Crippen molar-refractivity contribution in [3.63, 3.8) is 0 Å². The Balaban J connectivity index is 0.00000289. The largest absolute Gasteiger partial charge is 1.00 e. The van der Waals surface area contributed by atoms with Crippen molar-refractivity contribution in [1.82, 2.24) is 0 Å². The molecule has 92 valence electrons. The van der Waals surface area contributed by atoms with Crippen molar-refractivity contribution < 1.29 is 53.4 Å². The predicted molar refractivity (Wildman–Crippen MR) is 55.8 cm³/mol. The molecule has 1 N–H and O–H groups in total. The zero-order chi connectivity index (χ0) is 12.8. The molecule has 0 saturated carbocycles. The Morgan fingerprint density at radius 2 is 2.06 bits per heavy atom. The van der Waals surface area contributed by atoms with E-state index in [1.165, 1.54) is 19.2 Å². The van der Waals surface area contributed by atoms with Gasteiger partial charge in [-0.05, 0) is 18.6 Å². The van der Waals surface area contributed by atoms with Crippen molar-refractivity contribution >= 4 is 17.6 Å². The average molecular weight is 263 g/mol. The van der Waals surface area contributed by atoms with Crippen LogP contribution in [0.3, 0.4) is 0 Å². The van der Waals surface area contributed by atoms with Crippen LogP contribution in [0.5, 0.6) is 5.75 Å². The second-order valence-corrected chi connectivity index (χ2v) is 3.27. The molecule has 5 nitrogen and oxygen atoms in total. The van der Waals surface area contributed by atoms with Crippen LogP contribution in [-0.2, 0) is 9.59 Å². The molecule has 18 heavy (non-hydrogen) atoms. The Morgan fingerprint density at radius 1 is 1.39 bits per heavy atom. The number of anilines is 1. The van der Waals surface area contributed by atoms with Crippen molar-refractivity contribution in [2.24, 2.45) is 0 Å². The van der Waals surface area contributed by atoms with Gasteiger partial charge in [-0.1, -0.05) is 0 Å². The van der Waals surface area contributed by atoms with Crippen LogP contribution in [0.1, 0.15) is 12.8 Å². The Morgan fingerprint density at radius 3 is 2.56 bits per heavy atom. The summed E-state index contributed by atoms with van der Waals surface area (Å²) < 4.78 is 17.9. The zero-order valence-corrected chi connectivity index (χ0v) is 12.2. The maximum Gasteiger partial charge on any atom is 1.00 e. The van der Waals surface area contributed by atoms with Gasteiger partial charge < -0.3 is 20.0 Å². The molecule has 0 aromatic heterocycles. The number of rotatable bonds is 5. The first-order chi connectivity index (χ1) is 8.02. The number of carboxylic acids is 1. The summed E-state index contributed by atoms with van der Waals surface area (Å²) in [4.78, 5) is 21.4. The van der Waals surface area contributed by atoms with Crippen LogP contribution < -0.4 is 44.7 Å². The molecule has 0 atom stereocenters. The molecule has 1 rings (SSSR count). The molecule has 0 spiro atoms. The molecule has 1 amide bonds. The number of carboxylic acid groups (broad SMARTS) is 1. The molecule has 0 heterocycles. The van der Waals surface area contributed by atoms with Gasteiger partial charge in [-0.15, -0.1) is 0 Å². The number of halogens is 1. The summed E-state index contributed by atoms with van der Waals surface area (Å²) in [6.07, 6.45) is -0.583. The van der Waals surface area contributed by atoms with E-state index in [0.717, 1.165) is 6.07 Å². The number of carbonyl (C=O) groups excluding carboxylic acids is 2. The first-order valence-corrected chi connectivity index (χ1v) is 4.86. The summed E-state index contributed by atoms with van der Waals surface area (Å²) >= 11 is 0. The van der Waals surface area contributed by atoms with Gasteiger partial charge in [-0.2, -0.15) is 0 Å². The minimum absolute atomic E-state index is 0. The predicted octanol–water partition coefficient (Wildman–Crippen LogP) is -2.69. The smallest absolute Gasteiger partial charge is 0.550 e. The van der Waals surface area contributed by atoms with Gasteiger partial charge in [0.25, 0.3) is 0 Å².